The van der Waals surface area contributed by atoms with Crippen LogP contribution < -0.4 is 0 Å². The van der Waals surface area contributed by atoms with Crippen LogP contribution in [0.25, 0.3) is 17.7 Å². The van der Waals surface area contributed by atoms with Crippen molar-refractivity contribution in [1.82, 2.24) is 4.98 Å². The number of aromatic nitrogens is 1. The summed E-state index contributed by atoms with van der Waals surface area (Å²) in [6, 6.07) is 11.0. The Morgan fingerprint density at radius 2 is 1.70 bits per heavy atom. The van der Waals surface area contributed by atoms with Gasteiger partial charge in [-0.2, -0.15) is 0 Å². The van der Waals surface area contributed by atoms with E-state index in [0.717, 1.165) is 18.5 Å². The van der Waals surface area contributed by atoms with Crippen molar-refractivity contribution in [3.63, 3.8) is 0 Å². The van der Waals surface area contributed by atoms with Crippen LogP contribution in [0.15, 0.2) is 42.1 Å². The van der Waals surface area contributed by atoms with E-state index in [1.54, 1.807) is 5.57 Å². The van der Waals surface area contributed by atoms with Crippen LogP contribution in [0, 0.1) is 6.92 Å². The topological polar surface area (TPSA) is 12.9 Å². The summed E-state index contributed by atoms with van der Waals surface area (Å²) in [7, 11) is 0. The number of benzene rings is 1. The van der Waals surface area contributed by atoms with Crippen molar-refractivity contribution >= 4 is 17.7 Å². The molecule has 0 N–H and O–H groups in total. The Morgan fingerprint density at radius 1 is 0.957 bits per heavy atom. The predicted molar refractivity (Wildman–Crippen MR) is 100 cm³/mol. The predicted octanol–water partition coefficient (Wildman–Crippen LogP) is 6.28. The molecular weight excluding hydrogens is 278 g/mol. The zero-order valence-corrected chi connectivity index (χ0v) is 14.4. The summed E-state index contributed by atoms with van der Waals surface area (Å²) in [5.74, 6) is 0. The summed E-state index contributed by atoms with van der Waals surface area (Å²) in [4.78, 5) is 4.76. The highest BCUT2D eigenvalue weighted by Gasteiger charge is 2.19. The van der Waals surface area contributed by atoms with Gasteiger partial charge in [-0.3, -0.25) is 4.98 Å². The van der Waals surface area contributed by atoms with Crippen LogP contribution in [0.1, 0.15) is 67.5 Å². The minimum Gasteiger partial charge on any atom is -0.256 e. The SMILES string of the molecule is CCCC(CCC)=C1c2ccc(C)cc2C=Cc2cccnc21. The highest BCUT2D eigenvalue weighted by atomic mass is 14.7. The standard InChI is InChI=1S/C22H25N/c1-4-7-17(8-5-2)21-20-13-10-16(3)15-19(20)12-11-18-9-6-14-23-22(18)21/h6,9-15H,4-5,7-8H2,1-3H3. The van der Waals surface area contributed by atoms with Gasteiger partial charge in [0, 0.05) is 17.3 Å². The Kier molecular flexibility index (Phi) is 4.76. The minimum absolute atomic E-state index is 1.14. The van der Waals surface area contributed by atoms with Gasteiger partial charge in [0.2, 0.25) is 0 Å². The molecule has 0 bridgehead atoms. The molecule has 0 spiro atoms. The van der Waals surface area contributed by atoms with Gasteiger partial charge in [-0.05, 0) is 37.0 Å². The van der Waals surface area contributed by atoms with Gasteiger partial charge in [0.15, 0.2) is 0 Å². The first-order valence-electron chi connectivity index (χ1n) is 8.71. The van der Waals surface area contributed by atoms with E-state index in [1.807, 2.05) is 12.3 Å². The number of hydrogen-bond acceptors (Lipinski definition) is 1. The molecule has 118 valence electrons. The lowest BCUT2D eigenvalue weighted by Crippen LogP contribution is -2.00. The number of rotatable bonds is 4. The van der Waals surface area contributed by atoms with E-state index in [4.69, 9.17) is 4.98 Å². The van der Waals surface area contributed by atoms with Crippen LogP contribution in [-0.2, 0) is 0 Å². The molecule has 0 amide bonds. The Balaban J connectivity index is 2.32. The molecule has 2 aromatic rings. The third kappa shape index (κ3) is 3.14. The molecule has 1 aliphatic rings. The second-order valence-electron chi connectivity index (χ2n) is 6.34. The van der Waals surface area contributed by atoms with E-state index in [2.05, 4.69) is 57.2 Å². The summed E-state index contributed by atoms with van der Waals surface area (Å²) in [6.45, 7) is 6.69. The van der Waals surface area contributed by atoms with Gasteiger partial charge < -0.3 is 0 Å². The van der Waals surface area contributed by atoms with E-state index in [9.17, 15) is 0 Å². The fourth-order valence-corrected chi connectivity index (χ4v) is 3.45. The van der Waals surface area contributed by atoms with E-state index >= 15 is 0 Å². The fourth-order valence-electron chi connectivity index (χ4n) is 3.45. The van der Waals surface area contributed by atoms with Gasteiger partial charge in [0.05, 0.1) is 5.69 Å². The zero-order valence-electron chi connectivity index (χ0n) is 14.4. The first-order valence-corrected chi connectivity index (χ1v) is 8.71. The molecular formula is C22H25N. The average molecular weight is 303 g/mol. The molecule has 0 unspecified atom stereocenters. The van der Waals surface area contributed by atoms with Crippen LogP contribution in [-0.4, -0.2) is 4.98 Å². The van der Waals surface area contributed by atoms with Gasteiger partial charge in [-0.25, -0.2) is 0 Å². The maximum absolute atomic E-state index is 4.76. The van der Waals surface area contributed by atoms with Crippen molar-refractivity contribution in [3.8, 4) is 0 Å². The lowest BCUT2D eigenvalue weighted by atomic mass is 9.88. The second kappa shape index (κ2) is 6.95. The number of fused-ring (bicyclic) bond motifs is 2. The van der Waals surface area contributed by atoms with Crippen LogP contribution in [0.3, 0.4) is 0 Å². The minimum atomic E-state index is 1.14. The lowest BCUT2D eigenvalue weighted by Gasteiger charge is -2.17. The van der Waals surface area contributed by atoms with Crippen LogP contribution in [0.5, 0.6) is 0 Å². The molecule has 1 heteroatoms. The molecule has 0 saturated carbocycles. The van der Waals surface area contributed by atoms with Gasteiger partial charge in [0.25, 0.3) is 0 Å². The summed E-state index contributed by atoms with van der Waals surface area (Å²) in [5, 5.41) is 0. The Morgan fingerprint density at radius 3 is 2.43 bits per heavy atom. The third-order valence-electron chi connectivity index (χ3n) is 4.45. The van der Waals surface area contributed by atoms with Crippen molar-refractivity contribution in [2.45, 2.75) is 46.5 Å². The molecule has 1 nitrogen and oxygen atoms in total. The maximum atomic E-state index is 4.76. The first-order chi connectivity index (χ1) is 11.2. The summed E-state index contributed by atoms with van der Waals surface area (Å²) < 4.78 is 0. The van der Waals surface area contributed by atoms with Gasteiger partial charge in [-0.15, -0.1) is 0 Å². The zero-order chi connectivity index (χ0) is 16.2. The highest BCUT2D eigenvalue weighted by Crippen LogP contribution is 2.37. The normalized spacial score (nSPS) is 12.6. The molecule has 23 heavy (non-hydrogen) atoms. The molecule has 0 fully saturated rings. The number of nitrogens with zero attached hydrogens (tertiary/aromatic N) is 1. The fraction of sp³-hybridized carbons (Fsp3) is 0.318. The van der Waals surface area contributed by atoms with Crippen LogP contribution in [0.2, 0.25) is 0 Å². The molecule has 0 aliphatic heterocycles. The molecule has 0 radical (unpaired) electrons. The largest absolute Gasteiger partial charge is 0.256 e. The van der Waals surface area contributed by atoms with Crippen LogP contribution in [0.4, 0.5) is 0 Å². The monoisotopic (exact) mass is 303 g/mol. The molecule has 0 atom stereocenters. The van der Waals surface area contributed by atoms with Crippen molar-refractivity contribution < 1.29 is 0 Å². The quantitative estimate of drug-likeness (QED) is 0.553. The van der Waals surface area contributed by atoms with Gasteiger partial charge in [0.1, 0.15) is 0 Å². The van der Waals surface area contributed by atoms with E-state index in [-0.39, 0.29) is 0 Å². The number of aryl methyl sites for hydroxylation is 1. The highest BCUT2D eigenvalue weighted by molar-refractivity contribution is 5.93. The van der Waals surface area contributed by atoms with Gasteiger partial charge in [-0.1, -0.05) is 74.2 Å². The van der Waals surface area contributed by atoms with E-state index < -0.39 is 0 Å². The smallest absolute Gasteiger partial charge is 0.0780 e. The molecule has 1 aromatic heterocycles. The van der Waals surface area contributed by atoms with Gasteiger partial charge >= 0.3 is 0 Å². The molecule has 1 aromatic carbocycles. The van der Waals surface area contributed by atoms with Crippen molar-refractivity contribution in [1.29, 1.82) is 0 Å². The molecule has 0 saturated heterocycles. The third-order valence-corrected chi connectivity index (χ3v) is 4.45. The molecule has 1 aliphatic carbocycles. The first kappa shape index (κ1) is 15.7. The van der Waals surface area contributed by atoms with Crippen LogP contribution >= 0.6 is 0 Å². The number of allylic oxidation sites excluding steroid dienone is 1. The Bertz CT molecular complexity index is 757. The van der Waals surface area contributed by atoms with E-state index in [0.29, 0.717) is 0 Å². The number of hydrogen-bond donors (Lipinski definition) is 0. The second-order valence-corrected chi connectivity index (χ2v) is 6.34. The average Bonchev–Trinajstić information content (AvgIpc) is 2.71. The summed E-state index contributed by atoms with van der Waals surface area (Å²) in [6.07, 6.45) is 11.0. The van der Waals surface area contributed by atoms with Crippen molar-refractivity contribution in [2.75, 3.05) is 0 Å². The maximum Gasteiger partial charge on any atom is 0.0780 e. The van der Waals surface area contributed by atoms with Crippen molar-refractivity contribution in [2.24, 2.45) is 0 Å². The lowest BCUT2D eigenvalue weighted by molar-refractivity contribution is 0.805. The number of pyridine rings is 1. The molecule has 1 heterocycles. The van der Waals surface area contributed by atoms with E-state index in [1.165, 1.54) is 40.7 Å². The summed E-state index contributed by atoms with van der Waals surface area (Å²) >= 11 is 0. The Labute approximate surface area is 139 Å². The molecule has 3 rings (SSSR count). The Hall–Kier alpha value is -2.15. The van der Waals surface area contributed by atoms with Crippen molar-refractivity contribution in [3.05, 3.63) is 70.0 Å². The summed E-state index contributed by atoms with van der Waals surface area (Å²) in [5.41, 5.74) is 9.22.